The van der Waals surface area contributed by atoms with Crippen molar-refractivity contribution < 1.29 is 23.5 Å². The van der Waals surface area contributed by atoms with Gasteiger partial charge in [0.15, 0.2) is 0 Å². The van der Waals surface area contributed by atoms with Gasteiger partial charge in [-0.1, -0.05) is 54.2 Å². The topological polar surface area (TPSA) is 70.2 Å². The number of imide groups is 1. The van der Waals surface area contributed by atoms with Gasteiger partial charge in [0.05, 0.1) is 21.8 Å². The van der Waals surface area contributed by atoms with Crippen LogP contribution in [-0.2, 0) is 11.3 Å². The zero-order valence-electron chi connectivity index (χ0n) is 16.5. The fraction of sp³-hybridized carbons (Fsp3) is 0.200. The summed E-state index contributed by atoms with van der Waals surface area (Å²) in [6.07, 6.45) is 0. The van der Waals surface area contributed by atoms with Crippen LogP contribution in [-0.4, -0.2) is 54.5 Å². The number of hydrogen-bond acceptors (Lipinski definition) is 5. The predicted octanol–water partition coefficient (Wildman–Crippen LogP) is 4.33. The van der Waals surface area contributed by atoms with Crippen molar-refractivity contribution in [3.05, 3.63) is 64.4 Å². The van der Waals surface area contributed by atoms with Gasteiger partial charge in [0.1, 0.15) is 12.4 Å². The summed E-state index contributed by atoms with van der Waals surface area (Å²) >= 11 is 10.7. The monoisotopic (exact) mass is 451 g/mol. The summed E-state index contributed by atoms with van der Waals surface area (Å²) < 4.78 is 19.9. The van der Waals surface area contributed by atoms with Crippen LogP contribution in [0.3, 0.4) is 0 Å². The molecule has 2 aromatic carbocycles. The third kappa shape index (κ3) is 5.31. The highest BCUT2D eigenvalue weighted by molar-refractivity contribution is 7.78. The summed E-state index contributed by atoms with van der Waals surface area (Å²) in [5.74, 6) is -1.81. The van der Waals surface area contributed by atoms with E-state index in [1.165, 1.54) is 21.1 Å². The molecule has 7 nitrogen and oxygen atoms in total. The third-order valence-corrected chi connectivity index (χ3v) is 4.56. The van der Waals surface area contributed by atoms with E-state index in [0.29, 0.717) is 4.90 Å². The predicted molar refractivity (Wildman–Crippen MR) is 115 cm³/mol. The molecule has 0 N–H and O–H groups in total. The first-order valence-corrected chi connectivity index (χ1v) is 9.46. The van der Waals surface area contributed by atoms with Gasteiger partial charge in [0.2, 0.25) is 0 Å². The van der Waals surface area contributed by atoms with Crippen LogP contribution in [0.25, 0.3) is 0 Å². The standard InChI is InChI=1S/C20H19ClFN3O4S/c1-23(2)19(27)25(20(28)24(3)12-30)17-9-14(15(21)10-16(17)22)18(26)29-11-13-7-5-4-6-8-13/h4-10,12H,11H2,1-3H3. The van der Waals surface area contributed by atoms with Crippen LogP contribution < -0.4 is 4.90 Å². The average molecular weight is 452 g/mol. The molecule has 0 radical (unpaired) electrons. The Labute approximate surface area is 183 Å². The lowest BCUT2D eigenvalue weighted by atomic mass is 10.1. The largest absolute Gasteiger partial charge is 0.457 e. The normalized spacial score (nSPS) is 10.2. The van der Waals surface area contributed by atoms with E-state index in [0.717, 1.165) is 33.0 Å². The number of benzene rings is 2. The summed E-state index contributed by atoms with van der Waals surface area (Å²) in [5.41, 5.74) is 1.09. The first-order valence-electron chi connectivity index (χ1n) is 8.61. The van der Waals surface area contributed by atoms with E-state index in [1.807, 2.05) is 6.07 Å². The minimum Gasteiger partial charge on any atom is -0.457 e. The van der Waals surface area contributed by atoms with Gasteiger partial charge in [0.25, 0.3) is 0 Å². The highest BCUT2D eigenvalue weighted by atomic mass is 35.5. The van der Waals surface area contributed by atoms with Crippen molar-refractivity contribution in [3.63, 3.8) is 0 Å². The Kier molecular flexibility index (Phi) is 7.85. The summed E-state index contributed by atoms with van der Waals surface area (Å²) in [6, 6.07) is 9.02. The van der Waals surface area contributed by atoms with Crippen LogP contribution in [0.2, 0.25) is 5.02 Å². The molecular weight excluding hydrogens is 433 g/mol. The Balaban J connectivity index is 2.43. The second kappa shape index (κ2) is 10.1. The van der Waals surface area contributed by atoms with Crippen LogP contribution in [0.4, 0.5) is 19.7 Å². The van der Waals surface area contributed by atoms with E-state index < -0.39 is 29.5 Å². The second-order valence-electron chi connectivity index (χ2n) is 6.36. The number of halogens is 2. The van der Waals surface area contributed by atoms with Gasteiger partial charge in [-0.2, -0.15) is 0 Å². The Hall–Kier alpha value is -3.04. The van der Waals surface area contributed by atoms with Crippen LogP contribution in [0, 0.1) is 5.82 Å². The zero-order chi connectivity index (χ0) is 22.4. The molecule has 4 amide bonds. The summed E-state index contributed by atoms with van der Waals surface area (Å²) in [6.45, 7) is -0.0321. The van der Waals surface area contributed by atoms with Crippen molar-refractivity contribution in [1.29, 1.82) is 0 Å². The smallest absolute Gasteiger partial charge is 0.340 e. The number of amides is 4. The first-order chi connectivity index (χ1) is 14.2. The molecule has 0 unspecified atom stereocenters. The van der Waals surface area contributed by atoms with Crippen LogP contribution in [0.5, 0.6) is 0 Å². The minimum atomic E-state index is -0.971. The molecular formula is C20H19ClFN3O4S. The lowest BCUT2D eigenvalue weighted by molar-refractivity contribution is 0.0473. The Morgan fingerprint density at radius 2 is 1.73 bits per heavy atom. The molecule has 0 bridgehead atoms. The van der Waals surface area contributed by atoms with Crippen molar-refractivity contribution in [1.82, 2.24) is 9.80 Å². The lowest BCUT2D eigenvalue weighted by Crippen LogP contribution is -2.48. The van der Waals surface area contributed by atoms with E-state index in [-0.39, 0.29) is 17.2 Å². The highest BCUT2D eigenvalue weighted by Gasteiger charge is 2.31. The molecule has 2 rings (SSSR count). The first kappa shape index (κ1) is 23.2. The molecule has 2 aromatic rings. The van der Waals surface area contributed by atoms with Gasteiger partial charge in [0, 0.05) is 21.1 Å². The molecule has 0 atom stereocenters. The Bertz CT molecular complexity index is 972. The maximum atomic E-state index is 14.7. The maximum Gasteiger partial charge on any atom is 0.340 e. The van der Waals surface area contributed by atoms with Gasteiger partial charge < -0.3 is 9.64 Å². The number of thiocarbonyl (C=S) groups is 1. The van der Waals surface area contributed by atoms with E-state index in [4.69, 9.17) is 28.6 Å². The highest BCUT2D eigenvalue weighted by Crippen LogP contribution is 2.29. The Morgan fingerprint density at radius 3 is 2.30 bits per heavy atom. The van der Waals surface area contributed by atoms with Gasteiger partial charge >= 0.3 is 18.0 Å². The Morgan fingerprint density at radius 1 is 1.10 bits per heavy atom. The number of esters is 1. The summed E-state index contributed by atoms with van der Waals surface area (Å²) in [7, 11) is 4.10. The average Bonchev–Trinajstić information content (AvgIpc) is 2.73. The zero-order valence-corrected chi connectivity index (χ0v) is 18.0. The number of hydrogen-bond donors (Lipinski definition) is 0. The van der Waals surface area contributed by atoms with Crippen molar-refractivity contribution >= 4 is 53.0 Å². The third-order valence-electron chi connectivity index (χ3n) is 3.94. The molecule has 0 aliphatic heterocycles. The van der Waals surface area contributed by atoms with Crippen molar-refractivity contribution in [3.8, 4) is 0 Å². The molecule has 0 aliphatic carbocycles. The molecule has 0 heterocycles. The summed E-state index contributed by atoms with van der Waals surface area (Å²) in [4.78, 5) is 40.3. The number of urea groups is 2. The van der Waals surface area contributed by atoms with Gasteiger partial charge in [-0.15, -0.1) is 0 Å². The number of rotatable bonds is 5. The fourth-order valence-corrected chi connectivity index (χ4v) is 2.67. The molecule has 30 heavy (non-hydrogen) atoms. The quantitative estimate of drug-likeness (QED) is 0.499. The van der Waals surface area contributed by atoms with Crippen molar-refractivity contribution in [2.75, 3.05) is 26.0 Å². The minimum absolute atomic E-state index is 0.0321. The van der Waals surface area contributed by atoms with Crippen molar-refractivity contribution in [2.24, 2.45) is 0 Å². The van der Waals surface area contributed by atoms with E-state index >= 15 is 0 Å². The molecule has 0 spiro atoms. The second-order valence-corrected chi connectivity index (χ2v) is 6.97. The van der Waals surface area contributed by atoms with Crippen molar-refractivity contribution in [2.45, 2.75) is 6.61 Å². The van der Waals surface area contributed by atoms with Crippen LogP contribution >= 0.6 is 23.8 Å². The number of carbonyl (C=O) groups excluding carboxylic acids is 3. The maximum absolute atomic E-state index is 14.7. The SMILES string of the molecule is CN(C)C(=O)N(C(=O)N(C)C=S)c1cc(C(=O)OCc2ccccc2)c(Cl)cc1F. The molecule has 10 heteroatoms. The molecule has 0 saturated heterocycles. The van der Waals surface area contributed by atoms with Gasteiger partial charge in [-0.3, -0.25) is 4.90 Å². The van der Waals surface area contributed by atoms with Crippen LogP contribution in [0.15, 0.2) is 42.5 Å². The molecule has 0 aromatic heterocycles. The van der Waals surface area contributed by atoms with Gasteiger partial charge in [-0.05, 0) is 17.7 Å². The van der Waals surface area contributed by atoms with Crippen LogP contribution in [0.1, 0.15) is 15.9 Å². The summed E-state index contributed by atoms with van der Waals surface area (Å²) in [5, 5.41) is -0.220. The van der Waals surface area contributed by atoms with Gasteiger partial charge in [-0.25, -0.2) is 23.7 Å². The number of anilines is 1. The number of carbonyl (C=O) groups is 3. The lowest BCUT2D eigenvalue weighted by Gasteiger charge is -2.27. The molecule has 0 aliphatic rings. The molecule has 0 saturated carbocycles. The molecule has 0 fully saturated rings. The fourth-order valence-electron chi connectivity index (χ4n) is 2.36. The van der Waals surface area contributed by atoms with E-state index in [1.54, 1.807) is 24.3 Å². The number of ether oxygens (including phenoxy) is 1. The molecule has 158 valence electrons. The van der Waals surface area contributed by atoms with E-state index in [2.05, 4.69) is 0 Å². The number of nitrogens with zero attached hydrogens (tertiary/aromatic N) is 3. The van der Waals surface area contributed by atoms with E-state index in [9.17, 15) is 18.8 Å².